The third-order valence-electron chi connectivity index (χ3n) is 2.76. The van der Waals surface area contributed by atoms with Crippen molar-refractivity contribution in [1.29, 1.82) is 0 Å². The smallest absolute Gasteiger partial charge is 0.226 e. The Morgan fingerprint density at radius 3 is 2.58 bits per heavy atom. The van der Waals surface area contributed by atoms with Crippen molar-refractivity contribution in [3.05, 3.63) is 23.8 Å². The molecule has 19 heavy (non-hydrogen) atoms. The van der Waals surface area contributed by atoms with Gasteiger partial charge in [-0.05, 0) is 30.7 Å². The second-order valence-electron chi connectivity index (χ2n) is 4.89. The summed E-state index contributed by atoms with van der Waals surface area (Å²) in [5.74, 6) is -0.0728. The predicted molar refractivity (Wildman–Crippen MR) is 76.2 cm³/mol. The molecule has 0 bridgehead atoms. The van der Waals surface area contributed by atoms with E-state index in [4.69, 9.17) is 5.11 Å². The maximum atomic E-state index is 11.6. The van der Waals surface area contributed by atoms with Crippen LogP contribution in [0.1, 0.15) is 19.4 Å². The Kier molecular flexibility index (Phi) is 5.79. The summed E-state index contributed by atoms with van der Waals surface area (Å²) < 4.78 is 0. The SMILES string of the molecule is Cc1cc(NCC(O)CO)ccc1NC(=O)C(C)C. The number of nitrogens with one attached hydrogen (secondary N) is 2. The summed E-state index contributed by atoms with van der Waals surface area (Å²) in [6.45, 7) is 5.61. The molecule has 0 aliphatic heterocycles. The largest absolute Gasteiger partial charge is 0.394 e. The number of aliphatic hydroxyl groups excluding tert-OH is 2. The van der Waals surface area contributed by atoms with Gasteiger partial charge >= 0.3 is 0 Å². The van der Waals surface area contributed by atoms with E-state index in [2.05, 4.69) is 10.6 Å². The summed E-state index contributed by atoms with van der Waals surface area (Å²) >= 11 is 0. The van der Waals surface area contributed by atoms with E-state index in [1.165, 1.54) is 0 Å². The number of amides is 1. The number of carbonyl (C=O) groups excluding carboxylic acids is 1. The maximum absolute atomic E-state index is 11.6. The van der Waals surface area contributed by atoms with Crippen molar-refractivity contribution < 1.29 is 15.0 Å². The Morgan fingerprint density at radius 1 is 1.37 bits per heavy atom. The highest BCUT2D eigenvalue weighted by atomic mass is 16.3. The molecule has 0 fully saturated rings. The fraction of sp³-hybridized carbons (Fsp3) is 0.500. The molecule has 0 aliphatic rings. The normalized spacial score (nSPS) is 12.3. The molecule has 0 heterocycles. The summed E-state index contributed by atoms with van der Waals surface area (Å²) in [7, 11) is 0. The van der Waals surface area contributed by atoms with Crippen molar-refractivity contribution in [2.24, 2.45) is 5.92 Å². The van der Waals surface area contributed by atoms with Crippen molar-refractivity contribution >= 4 is 17.3 Å². The first-order valence-corrected chi connectivity index (χ1v) is 6.38. The molecule has 0 aromatic heterocycles. The first-order valence-electron chi connectivity index (χ1n) is 6.38. The van der Waals surface area contributed by atoms with Crippen LogP contribution >= 0.6 is 0 Å². The molecule has 0 radical (unpaired) electrons. The zero-order valence-corrected chi connectivity index (χ0v) is 11.6. The van der Waals surface area contributed by atoms with E-state index in [1.54, 1.807) is 0 Å². The van der Waals surface area contributed by atoms with Crippen LogP contribution in [0.15, 0.2) is 18.2 Å². The Labute approximate surface area is 113 Å². The van der Waals surface area contributed by atoms with Gasteiger partial charge in [0.1, 0.15) is 0 Å². The standard InChI is InChI=1S/C14H22N2O3/c1-9(2)14(19)16-13-5-4-11(6-10(13)3)15-7-12(18)8-17/h4-6,9,12,15,17-18H,7-8H2,1-3H3,(H,16,19). The Bertz CT molecular complexity index is 433. The average molecular weight is 266 g/mol. The van der Waals surface area contributed by atoms with Crippen molar-refractivity contribution in [3.63, 3.8) is 0 Å². The summed E-state index contributed by atoms with van der Waals surface area (Å²) in [4.78, 5) is 11.6. The van der Waals surface area contributed by atoms with Crippen molar-refractivity contribution in [2.75, 3.05) is 23.8 Å². The van der Waals surface area contributed by atoms with Crippen LogP contribution in [0.25, 0.3) is 0 Å². The third-order valence-corrected chi connectivity index (χ3v) is 2.76. The summed E-state index contributed by atoms with van der Waals surface area (Å²) in [5.41, 5.74) is 2.57. The number of hydrogen-bond donors (Lipinski definition) is 4. The van der Waals surface area contributed by atoms with Gasteiger partial charge in [-0.2, -0.15) is 0 Å². The zero-order valence-electron chi connectivity index (χ0n) is 11.6. The van der Waals surface area contributed by atoms with Crippen molar-refractivity contribution in [3.8, 4) is 0 Å². The van der Waals surface area contributed by atoms with E-state index in [-0.39, 0.29) is 25.0 Å². The molecule has 1 rings (SSSR count). The molecule has 0 spiro atoms. The number of carbonyl (C=O) groups is 1. The third kappa shape index (κ3) is 4.89. The predicted octanol–water partition coefficient (Wildman–Crippen LogP) is 1.35. The molecule has 5 heteroatoms. The van der Waals surface area contributed by atoms with Crippen molar-refractivity contribution in [2.45, 2.75) is 26.9 Å². The first-order chi connectivity index (χ1) is 8.93. The Balaban J connectivity index is 2.66. The van der Waals surface area contributed by atoms with Gasteiger partial charge in [-0.25, -0.2) is 0 Å². The van der Waals surface area contributed by atoms with Gasteiger partial charge in [-0.1, -0.05) is 13.8 Å². The lowest BCUT2D eigenvalue weighted by Gasteiger charge is -2.14. The molecule has 1 aromatic carbocycles. The molecule has 106 valence electrons. The Morgan fingerprint density at radius 2 is 2.05 bits per heavy atom. The number of rotatable bonds is 6. The first kappa shape index (κ1) is 15.5. The van der Waals surface area contributed by atoms with E-state index in [1.807, 2.05) is 39.0 Å². The average Bonchev–Trinajstić information content (AvgIpc) is 2.38. The van der Waals surface area contributed by atoms with Gasteiger partial charge < -0.3 is 20.8 Å². The van der Waals surface area contributed by atoms with Crippen LogP contribution in [0.2, 0.25) is 0 Å². The highest BCUT2D eigenvalue weighted by Gasteiger charge is 2.09. The molecule has 0 saturated heterocycles. The van der Waals surface area contributed by atoms with Gasteiger partial charge in [0.15, 0.2) is 0 Å². The zero-order chi connectivity index (χ0) is 14.4. The second kappa shape index (κ2) is 7.11. The van der Waals surface area contributed by atoms with Gasteiger partial charge in [0.2, 0.25) is 5.91 Å². The Hall–Kier alpha value is -1.59. The van der Waals surface area contributed by atoms with Crippen LogP contribution in [0.4, 0.5) is 11.4 Å². The summed E-state index contributed by atoms with van der Waals surface area (Å²) in [6.07, 6.45) is -0.777. The monoisotopic (exact) mass is 266 g/mol. The molecule has 1 unspecified atom stereocenters. The summed E-state index contributed by atoms with van der Waals surface area (Å²) in [6, 6.07) is 5.54. The maximum Gasteiger partial charge on any atom is 0.226 e. The minimum absolute atomic E-state index is 0.0143. The number of benzene rings is 1. The van der Waals surface area contributed by atoms with E-state index >= 15 is 0 Å². The minimum atomic E-state index is -0.777. The fourth-order valence-corrected chi connectivity index (χ4v) is 1.49. The molecule has 1 amide bonds. The molecule has 0 aliphatic carbocycles. The van der Waals surface area contributed by atoms with Gasteiger partial charge in [0.05, 0.1) is 12.7 Å². The van der Waals surface area contributed by atoms with Crippen LogP contribution in [-0.4, -0.2) is 35.4 Å². The molecule has 0 saturated carbocycles. The molecule has 1 aromatic rings. The summed E-state index contributed by atoms with van der Waals surface area (Å²) in [5, 5.41) is 23.9. The minimum Gasteiger partial charge on any atom is -0.394 e. The van der Waals surface area contributed by atoms with Gasteiger partial charge in [-0.15, -0.1) is 0 Å². The molecule has 1 atom stereocenters. The van der Waals surface area contributed by atoms with Crippen LogP contribution < -0.4 is 10.6 Å². The van der Waals surface area contributed by atoms with Crippen molar-refractivity contribution in [1.82, 2.24) is 0 Å². The lowest BCUT2D eigenvalue weighted by atomic mass is 10.1. The van der Waals surface area contributed by atoms with Gasteiger partial charge in [0, 0.05) is 23.8 Å². The van der Waals surface area contributed by atoms with E-state index in [9.17, 15) is 9.90 Å². The molecule has 4 N–H and O–H groups in total. The highest BCUT2D eigenvalue weighted by Crippen LogP contribution is 2.20. The van der Waals surface area contributed by atoms with Crippen LogP contribution in [0.5, 0.6) is 0 Å². The van der Waals surface area contributed by atoms with Gasteiger partial charge in [-0.3, -0.25) is 4.79 Å². The molecule has 5 nitrogen and oxygen atoms in total. The number of aliphatic hydroxyl groups is 2. The lowest BCUT2D eigenvalue weighted by molar-refractivity contribution is -0.118. The fourth-order valence-electron chi connectivity index (χ4n) is 1.49. The molecular weight excluding hydrogens is 244 g/mol. The number of aryl methyl sites for hydroxylation is 1. The van der Waals surface area contributed by atoms with E-state index < -0.39 is 6.10 Å². The quantitative estimate of drug-likeness (QED) is 0.626. The topological polar surface area (TPSA) is 81.6 Å². The van der Waals surface area contributed by atoms with Crippen LogP contribution in [-0.2, 0) is 4.79 Å². The lowest BCUT2D eigenvalue weighted by Crippen LogP contribution is -2.23. The highest BCUT2D eigenvalue weighted by molar-refractivity contribution is 5.93. The number of anilines is 2. The van der Waals surface area contributed by atoms with E-state index in [0.717, 1.165) is 16.9 Å². The molecular formula is C14H22N2O3. The van der Waals surface area contributed by atoms with Crippen LogP contribution in [0.3, 0.4) is 0 Å². The number of hydrogen-bond acceptors (Lipinski definition) is 4. The second-order valence-corrected chi connectivity index (χ2v) is 4.89. The van der Waals surface area contributed by atoms with E-state index in [0.29, 0.717) is 0 Å². The van der Waals surface area contributed by atoms with Crippen LogP contribution in [0, 0.1) is 12.8 Å². The van der Waals surface area contributed by atoms with Gasteiger partial charge in [0.25, 0.3) is 0 Å².